The minimum absolute atomic E-state index is 0.0674. The Balaban J connectivity index is 2.36. The maximum Gasteiger partial charge on any atom is 0.255 e. The number of piperazine rings is 1. The van der Waals surface area contributed by atoms with E-state index in [-0.39, 0.29) is 5.91 Å². The summed E-state index contributed by atoms with van der Waals surface area (Å²) >= 11 is 0. The molecule has 8 nitrogen and oxygen atoms in total. The lowest BCUT2D eigenvalue weighted by Gasteiger charge is -2.35. The second-order valence-corrected chi connectivity index (χ2v) is 10.4. The summed E-state index contributed by atoms with van der Waals surface area (Å²) < 4.78 is 26.8. The van der Waals surface area contributed by atoms with Gasteiger partial charge in [0.25, 0.3) is 5.91 Å². The van der Waals surface area contributed by atoms with E-state index in [0.717, 1.165) is 73.5 Å². The number of hydrogen-bond acceptors (Lipinski definition) is 6. The normalized spacial score (nSPS) is 14.2. The van der Waals surface area contributed by atoms with E-state index in [1.165, 1.54) is 0 Å². The van der Waals surface area contributed by atoms with Gasteiger partial charge >= 0.3 is 0 Å². The molecule has 180 valence electrons. The number of nitrogens with zero attached hydrogens (tertiary/aromatic N) is 2. The van der Waals surface area contributed by atoms with E-state index in [1.807, 2.05) is 31.2 Å². The van der Waals surface area contributed by atoms with Crippen molar-refractivity contribution in [3.05, 3.63) is 41.5 Å². The van der Waals surface area contributed by atoms with Crippen molar-refractivity contribution in [2.45, 2.75) is 20.3 Å². The molecule has 3 rings (SSSR count). The molecule has 2 aromatic carbocycles. The van der Waals surface area contributed by atoms with Crippen LogP contribution >= 0.6 is 0 Å². The van der Waals surface area contributed by atoms with Crippen molar-refractivity contribution >= 4 is 33.0 Å². The van der Waals surface area contributed by atoms with Gasteiger partial charge in [-0.05, 0) is 31.0 Å². The zero-order chi connectivity index (χ0) is 24.2. The molecule has 0 atom stereocenters. The molecule has 1 fully saturated rings. The van der Waals surface area contributed by atoms with Gasteiger partial charge in [-0.1, -0.05) is 25.1 Å². The highest BCUT2D eigenvalue weighted by Gasteiger charge is 2.27. The van der Waals surface area contributed by atoms with Crippen molar-refractivity contribution in [2.75, 3.05) is 68.0 Å². The highest BCUT2D eigenvalue weighted by molar-refractivity contribution is 7.92. The standard InChI is InChI=1S/C24H35N5O3S/c1-6-11-26-22-19(24(30)28(3)4)16-17(2)21(23(22)29-14-12-25-13-15-29)18-9-7-8-10-20(18)27-33(5,31)32/h7-10,16,25-27H,6,11-15H2,1-5H3. The zero-order valence-electron chi connectivity index (χ0n) is 20.2. The fourth-order valence-corrected chi connectivity index (χ4v) is 4.75. The van der Waals surface area contributed by atoms with Gasteiger partial charge in [0.1, 0.15) is 0 Å². The van der Waals surface area contributed by atoms with Crippen LogP contribution in [0.25, 0.3) is 11.1 Å². The molecule has 1 amide bonds. The third-order valence-electron chi connectivity index (χ3n) is 5.61. The van der Waals surface area contributed by atoms with Gasteiger partial charge in [-0.25, -0.2) is 8.42 Å². The van der Waals surface area contributed by atoms with Crippen LogP contribution in [0.3, 0.4) is 0 Å². The Bertz CT molecular complexity index is 1110. The minimum atomic E-state index is -3.47. The van der Waals surface area contributed by atoms with Crippen molar-refractivity contribution in [2.24, 2.45) is 0 Å². The number of hydrogen-bond donors (Lipinski definition) is 3. The van der Waals surface area contributed by atoms with Gasteiger partial charge in [0, 0.05) is 57.9 Å². The van der Waals surface area contributed by atoms with E-state index in [0.29, 0.717) is 11.3 Å². The van der Waals surface area contributed by atoms with Crippen molar-refractivity contribution in [3.63, 3.8) is 0 Å². The van der Waals surface area contributed by atoms with Crippen LogP contribution in [0.1, 0.15) is 29.3 Å². The summed E-state index contributed by atoms with van der Waals surface area (Å²) in [6, 6.07) is 9.34. The summed E-state index contributed by atoms with van der Waals surface area (Å²) in [5.74, 6) is -0.0674. The van der Waals surface area contributed by atoms with E-state index in [4.69, 9.17) is 0 Å². The molecule has 1 saturated heterocycles. The zero-order valence-corrected chi connectivity index (χ0v) is 21.0. The quantitative estimate of drug-likeness (QED) is 0.546. The Labute approximate surface area is 197 Å². The van der Waals surface area contributed by atoms with Gasteiger partial charge in [0.2, 0.25) is 10.0 Å². The molecule has 0 spiro atoms. The molecule has 0 radical (unpaired) electrons. The molecule has 2 aromatic rings. The maximum atomic E-state index is 13.2. The number of sulfonamides is 1. The average molecular weight is 474 g/mol. The third kappa shape index (κ3) is 5.78. The molecule has 0 saturated carbocycles. The topological polar surface area (TPSA) is 93.8 Å². The third-order valence-corrected chi connectivity index (χ3v) is 6.20. The van der Waals surface area contributed by atoms with Crippen LogP contribution in [0.2, 0.25) is 0 Å². The molecule has 33 heavy (non-hydrogen) atoms. The molecule has 1 aliphatic heterocycles. The minimum Gasteiger partial charge on any atom is -0.383 e. The van der Waals surface area contributed by atoms with E-state index in [1.54, 1.807) is 25.1 Å². The molecule has 1 heterocycles. The number of nitrogens with one attached hydrogen (secondary N) is 3. The van der Waals surface area contributed by atoms with E-state index < -0.39 is 10.0 Å². The highest BCUT2D eigenvalue weighted by atomic mass is 32.2. The van der Waals surface area contributed by atoms with Crippen LogP contribution in [-0.2, 0) is 10.0 Å². The van der Waals surface area contributed by atoms with Gasteiger partial charge in [-0.2, -0.15) is 0 Å². The molecule has 1 aliphatic rings. The van der Waals surface area contributed by atoms with Gasteiger partial charge in [0.15, 0.2) is 0 Å². The first-order chi connectivity index (χ1) is 15.6. The van der Waals surface area contributed by atoms with Crippen LogP contribution in [-0.4, -0.2) is 72.3 Å². The second-order valence-electron chi connectivity index (χ2n) is 8.62. The molecule has 0 unspecified atom stereocenters. The predicted molar refractivity (Wildman–Crippen MR) is 137 cm³/mol. The molecule has 0 aliphatic carbocycles. The molecular formula is C24H35N5O3S. The Kier molecular flexibility index (Phi) is 7.86. The average Bonchev–Trinajstić information content (AvgIpc) is 2.77. The number of rotatable bonds is 8. The lowest BCUT2D eigenvalue weighted by Crippen LogP contribution is -2.44. The number of carbonyl (C=O) groups is 1. The van der Waals surface area contributed by atoms with Gasteiger partial charge in [-0.3, -0.25) is 9.52 Å². The summed E-state index contributed by atoms with van der Waals surface area (Å²) in [4.78, 5) is 17.1. The molecule has 9 heteroatoms. The smallest absolute Gasteiger partial charge is 0.255 e. The number of benzene rings is 2. The van der Waals surface area contributed by atoms with Crippen LogP contribution in [0, 0.1) is 6.92 Å². The van der Waals surface area contributed by atoms with E-state index in [9.17, 15) is 13.2 Å². The van der Waals surface area contributed by atoms with E-state index in [2.05, 4.69) is 27.2 Å². The number of anilines is 3. The molecular weight excluding hydrogens is 438 g/mol. The van der Waals surface area contributed by atoms with Gasteiger partial charge < -0.3 is 20.4 Å². The second kappa shape index (κ2) is 10.4. The Morgan fingerprint density at radius 1 is 1.18 bits per heavy atom. The SMILES string of the molecule is CCCNc1c(C(=O)N(C)C)cc(C)c(-c2ccccc2NS(C)(=O)=O)c1N1CCNCC1. The van der Waals surface area contributed by atoms with Crippen molar-refractivity contribution in [3.8, 4) is 11.1 Å². The first kappa shape index (κ1) is 24.9. The van der Waals surface area contributed by atoms with Gasteiger partial charge in [0.05, 0.1) is 28.9 Å². The van der Waals surface area contributed by atoms with Crippen molar-refractivity contribution in [1.82, 2.24) is 10.2 Å². The molecule has 0 aromatic heterocycles. The predicted octanol–water partition coefficient (Wildman–Crippen LogP) is 2.97. The fraction of sp³-hybridized carbons (Fsp3) is 0.458. The first-order valence-electron chi connectivity index (χ1n) is 11.3. The number of amides is 1. The molecule has 0 bridgehead atoms. The first-order valence-corrected chi connectivity index (χ1v) is 13.2. The fourth-order valence-electron chi connectivity index (χ4n) is 4.17. The highest BCUT2D eigenvalue weighted by Crippen LogP contribution is 2.45. The van der Waals surface area contributed by atoms with Crippen molar-refractivity contribution < 1.29 is 13.2 Å². The van der Waals surface area contributed by atoms with Crippen molar-refractivity contribution in [1.29, 1.82) is 0 Å². The summed E-state index contributed by atoms with van der Waals surface area (Å²) in [5.41, 5.74) is 5.52. The number of para-hydroxylation sites is 1. The number of carbonyl (C=O) groups excluding carboxylic acids is 1. The molecule has 3 N–H and O–H groups in total. The Morgan fingerprint density at radius 2 is 1.85 bits per heavy atom. The summed E-state index contributed by atoms with van der Waals surface area (Å²) in [7, 11) is 0.0445. The lowest BCUT2D eigenvalue weighted by atomic mass is 9.91. The number of aryl methyl sites for hydroxylation is 1. The summed E-state index contributed by atoms with van der Waals surface area (Å²) in [6.07, 6.45) is 2.06. The van der Waals surface area contributed by atoms with Crippen LogP contribution in [0.4, 0.5) is 17.1 Å². The van der Waals surface area contributed by atoms with Gasteiger partial charge in [-0.15, -0.1) is 0 Å². The van der Waals surface area contributed by atoms with Crippen LogP contribution in [0.5, 0.6) is 0 Å². The van der Waals surface area contributed by atoms with E-state index >= 15 is 0 Å². The van der Waals surface area contributed by atoms with Crippen LogP contribution in [0.15, 0.2) is 30.3 Å². The Hall–Kier alpha value is -2.78. The lowest BCUT2D eigenvalue weighted by molar-refractivity contribution is 0.0828. The maximum absolute atomic E-state index is 13.2. The van der Waals surface area contributed by atoms with Crippen LogP contribution < -0.4 is 20.3 Å². The summed E-state index contributed by atoms with van der Waals surface area (Å²) in [6.45, 7) is 8.03. The largest absolute Gasteiger partial charge is 0.383 e. The summed E-state index contributed by atoms with van der Waals surface area (Å²) in [5, 5.41) is 6.91. The monoisotopic (exact) mass is 473 g/mol. The Morgan fingerprint density at radius 3 is 2.45 bits per heavy atom.